The van der Waals surface area contributed by atoms with Crippen LogP contribution < -0.4 is 15.5 Å². The third-order valence-electron chi connectivity index (χ3n) is 5.41. The number of halogens is 3. The van der Waals surface area contributed by atoms with Crippen molar-refractivity contribution in [3.8, 4) is 0 Å². The van der Waals surface area contributed by atoms with E-state index >= 15 is 0 Å². The summed E-state index contributed by atoms with van der Waals surface area (Å²) in [6.07, 6.45) is -3.25. The Hall–Kier alpha value is -2.89. The van der Waals surface area contributed by atoms with Gasteiger partial charge in [-0.25, -0.2) is 4.98 Å². The number of aromatic nitrogens is 4. The predicted octanol–water partition coefficient (Wildman–Crippen LogP) is 2.05. The van der Waals surface area contributed by atoms with E-state index in [1.165, 1.54) is 0 Å². The van der Waals surface area contributed by atoms with Crippen molar-refractivity contribution >= 4 is 23.4 Å². The van der Waals surface area contributed by atoms with Crippen LogP contribution in [0.1, 0.15) is 24.7 Å². The number of nitrogens with zero attached hydrogens (tertiary/aromatic N) is 5. The summed E-state index contributed by atoms with van der Waals surface area (Å²) >= 11 is 0. The lowest BCUT2D eigenvalue weighted by Crippen LogP contribution is -2.45. The molecule has 0 aromatic carbocycles. The van der Waals surface area contributed by atoms with Gasteiger partial charge in [-0.2, -0.15) is 23.3 Å². The van der Waals surface area contributed by atoms with Crippen LogP contribution in [0.3, 0.4) is 0 Å². The number of fused-ring (bicyclic) bond motifs is 1. The lowest BCUT2D eigenvalue weighted by molar-refractivity contribution is -0.144. The summed E-state index contributed by atoms with van der Waals surface area (Å²) in [5.41, 5.74) is 0.400. The average Bonchev–Trinajstić information content (AvgIpc) is 3.31. The van der Waals surface area contributed by atoms with Gasteiger partial charge in [0.1, 0.15) is 17.4 Å². The highest BCUT2D eigenvalue weighted by Crippen LogP contribution is 2.33. The van der Waals surface area contributed by atoms with E-state index in [2.05, 4.69) is 25.7 Å². The summed E-state index contributed by atoms with van der Waals surface area (Å²) < 4.78 is 45.6. The summed E-state index contributed by atoms with van der Waals surface area (Å²) in [4.78, 5) is 22.7. The Balaban J connectivity index is 1.44. The Morgan fingerprint density at radius 2 is 2.13 bits per heavy atom. The Labute approximate surface area is 170 Å². The topological polar surface area (TPSA) is 97.2 Å². The van der Waals surface area contributed by atoms with Gasteiger partial charge in [-0.1, -0.05) is 0 Å². The zero-order valence-corrected chi connectivity index (χ0v) is 16.7. The molecule has 0 unspecified atom stereocenters. The molecular formula is C18H22F3N7O2. The van der Waals surface area contributed by atoms with Crippen molar-refractivity contribution in [1.82, 2.24) is 19.7 Å². The fraction of sp³-hybridized carbons (Fsp3) is 0.556. The lowest BCUT2D eigenvalue weighted by Gasteiger charge is -2.32. The zero-order valence-electron chi connectivity index (χ0n) is 16.7. The number of likely N-dealkylation sites (N-methyl/N-ethyl adjacent to an activating group) is 1. The minimum atomic E-state index is -4.46. The number of ether oxygens (including phenoxy) is 1. The fourth-order valence-corrected chi connectivity index (χ4v) is 3.64. The molecule has 162 valence electrons. The maximum absolute atomic E-state index is 13.0. The molecule has 0 saturated carbocycles. The number of hydrogen-bond acceptors (Lipinski definition) is 7. The molecule has 2 aliphatic rings. The molecule has 2 N–H and O–H groups in total. The van der Waals surface area contributed by atoms with Gasteiger partial charge in [0.25, 0.3) is 0 Å². The normalized spacial score (nSPS) is 24.0. The number of carbonyl (C=O) groups excluding carboxylic acids is 1. The van der Waals surface area contributed by atoms with Crippen LogP contribution >= 0.6 is 0 Å². The largest absolute Gasteiger partial charge is 0.433 e. The number of rotatable bonds is 4. The van der Waals surface area contributed by atoms with E-state index in [9.17, 15) is 18.0 Å². The second-order valence-corrected chi connectivity index (χ2v) is 7.54. The van der Waals surface area contributed by atoms with Gasteiger partial charge in [-0.15, -0.1) is 0 Å². The highest BCUT2D eigenvalue weighted by atomic mass is 19.4. The first-order chi connectivity index (χ1) is 14.1. The molecule has 0 bridgehead atoms. The summed E-state index contributed by atoms with van der Waals surface area (Å²) in [6.45, 7) is 3.88. The molecule has 0 radical (unpaired) electrons. The van der Waals surface area contributed by atoms with Gasteiger partial charge in [0.05, 0.1) is 31.0 Å². The number of aryl methyl sites for hydroxylation is 1. The van der Waals surface area contributed by atoms with Crippen LogP contribution in [0.4, 0.5) is 30.6 Å². The van der Waals surface area contributed by atoms with Gasteiger partial charge in [0.15, 0.2) is 5.82 Å². The van der Waals surface area contributed by atoms with E-state index in [0.717, 1.165) is 16.9 Å². The second kappa shape index (κ2) is 7.42. The maximum atomic E-state index is 13.0. The monoisotopic (exact) mass is 425 g/mol. The molecule has 30 heavy (non-hydrogen) atoms. The molecule has 1 saturated heterocycles. The van der Waals surface area contributed by atoms with Crippen molar-refractivity contribution in [2.24, 2.45) is 0 Å². The standard InChI is InChI=1S/C18H22F3N7O2/c1-9-14-15(27(3)10(2)16(29)25-14)26-17(23-9)24-11-6-12(30-8-11)7-28-13(4-5-22-28)18(19,20)21/h4-5,10-12H,6-8H2,1-3H3,(H,25,29)(H,23,24,26)/t10-,11+,12+/m0/s1. The van der Waals surface area contributed by atoms with Gasteiger partial charge < -0.3 is 20.3 Å². The van der Waals surface area contributed by atoms with Crippen molar-refractivity contribution in [2.45, 2.75) is 51.2 Å². The van der Waals surface area contributed by atoms with Crippen molar-refractivity contribution < 1.29 is 22.7 Å². The summed E-state index contributed by atoms with van der Waals surface area (Å²) in [5.74, 6) is 0.867. The average molecular weight is 425 g/mol. The van der Waals surface area contributed by atoms with E-state index in [-0.39, 0.29) is 24.5 Å². The number of hydrogen-bond donors (Lipinski definition) is 2. The van der Waals surface area contributed by atoms with Gasteiger partial charge >= 0.3 is 6.18 Å². The van der Waals surface area contributed by atoms with Crippen molar-refractivity contribution in [3.05, 3.63) is 23.7 Å². The summed E-state index contributed by atoms with van der Waals surface area (Å²) in [5, 5.41) is 9.78. The Kier molecular flexibility index (Phi) is 5.04. The SMILES string of the molecule is Cc1nc(N[C@H]2CO[C@@H](Cn3nccc3C(F)(F)F)C2)nc2c1NC(=O)[C@H](C)N2C. The highest BCUT2D eigenvalue weighted by molar-refractivity contribution is 6.03. The van der Waals surface area contributed by atoms with E-state index in [1.807, 2.05) is 0 Å². The molecule has 2 aromatic rings. The van der Waals surface area contributed by atoms with Crippen molar-refractivity contribution in [3.63, 3.8) is 0 Å². The molecule has 1 fully saturated rings. The summed E-state index contributed by atoms with van der Waals surface area (Å²) in [7, 11) is 1.79. The maximum Gasteiger partial charge on any atom is 0.433 e. The van der Waals surface area contributed by atoms with Crippen LogP contribution in [0.2, 0.25) is 0 Å². The molecule has 4 heterocycles. The molecule has 1 amide bonds. The number of nitrogens with one attached hydrogen (secondary N) is 2. The van der Waals surface area contributed by atoms with E-state index in [0.29, 0.717) is 36.2 Å². The molecule has 4 rings (SSSR count). The quantitative estimate of drug-likeness (QED) is 0.774. The predicted molar refractivity (Wildman–Crippen MR) is 102 cm³/mol. The fourth-order valence-electron chi connectivity index (χ4n) is 3.64. The van der Waals surface area contributed by atoms with Gasteiger partial charge in [0, 0.05) is 13.2 Å². The molecule has 3 atom stereocenters. The Morgan fingerprint density at radius 3 is 2.87 bits per heavy atom. The lowest BCUT2D eigenvalue weighted by atomic mass is 10.1. The first-order valence-electron chi connectivity index (χ1n) is 9.53. The van der Waals surface area contributed by atoms with E-state index < -0.39 is 18.0 Å². The molecule has 9 nitrogen and oxygen atoms in total. The minimum Gasteiger partial charge on any atom is -0.374 e. The van der Waals surface area contributed by atoms with Crippen LogP contribution in [0.25, 0.3) is 0 Å². The van der Waals surface area contributed by atoms with Crippen molar-refractivity contribution in [2.75, 3.05) is 29.2 Å². The third kappa shape index (κ3) is 3.78. The molecule has 2 aromatic heterocycles. The van der Waals surface area contributed by atoms with Crippen LogP contribution in [-0.4, -0.2) is 57.5 Å². The zero-order chi connectivity index (χ0) is 21.6. The minimum absolute atomic E-state index is 0.0103. The Bertz CT molecular complexity index is 962. The molecular weight excluding hydrogens is 403 g/mol. The summed E-state index contributed by atoms with van der Waals surface area (Å²) in [6, 6.07) is 0.430. The van der Waals surface area contributed by atoms with Crippen LogP contribution in [0.5, 0.6) is 0 Å². The third-order valence-corrected chi connectivity index (χ3v) is 5.41. The number of alkyl halides is 3. The van der Waals surface area contributed by atoms with Gasteiger partial charge in [0.2, 0.25) is 11.9 Å². The van der Waals surface area contributed by atoms with Crippen LogP contribution in [0.15, 0.2) is 12.3 Å². The number of amides is 1. The smallest absolute Gasteiger partial charge is 0.374 e. The van der Waals surface area contributed by atoms with Gasteiger partial charge in [-0.05, 0) is 26.3 Å². The first kappa shape index (κ1) is 20.4. The molecule has 0 aliphatic carbocycles. The second-order valence-electron chi connectivity index (χ2n) is 7.54. The van der Waals surface area contributed by atoms with Crippen molar-refractivity contribution in [1.29, 1.82) is 0 Å². The molecule has 0 spiro atoms. The highest BCUT2D eigenvalue weighted by Gasteiger charge is 2.36. The van der Waals surface area contributed by atoms with Crippen LogP contribution in [-0.2, 0) is 22.3 Å². The molecule has 12 heteroatoms. The number of carbonyl (C=O) groups is 1. The first-order valence-corrected chi connectivity index (χ1v) is 9.53. The van der Waals surface area contributed by atoms with Crippen LogP contribution in [0, 0.1) is 6.92 Å². The van der Waals surface area contributed by atoms with Gasteiger partial charge in [-0.3, -0.25) is 9.48 Å². The van der Waals surface area contributed by atoms with E-state index in [4.69, 9.17) is 4.74 Å². The number of anilines is 3. The Morgan fingerprint density at radius 1 is 1.37 bits per heavy atom. The van der Waals surface area contributed by atoms with E-state index in [1.54, 1.807) is 25.8 Å². The molecule has 2 aliphatic heterocycles.